The third-order valence-corrected chi connectivity index (χ3v) is 4.06. The highest BCUT2D eigenvalue weighted by atomic mass is 35.5. The highest BCUT2D eigenvalue weighted by Crippen LogP contribution is 2.29. The predicted octanol–water partition coefficient (Wildman–Crippen LogP) is 4.50. The van der Waals surface area contributed by atoms with Crippen LogP contribution in [0.4, 0.5) is 5.69 Å². The van der Waals surface area contributed by atoms with Gasteiger partial charge in [0.25, 0.3) is 0 Å². The van der Waals surface area contributed by atoms with Crippen LogP contribution in [0.3, 0.4) is 0 Å². The van der Waals surface area contributed by atoms with Gasteiger partial charge in [0.15, 0.2) is 16.6 Å². The zero-order valence-electron chi connectivity index (χ0n) is 12.7. The van der Waals surface area contributed by atoms with Gasteiger partial charge in [0.05, 0.1) is 24.3 Å². The second-order valence-electron chi connectivity index (χ2n) is 4.63. The number of methoxy groups -OCH3 is 2. The van der Waals surface area contributed by atoms with Gasteiger partial charge in [0.2, 0.25) is 0 Å². The summed E-state index contributed by atoms with van der Waals surface area (Å²) in [5, 5.41) is 7.73. The second kappa shape index (κ2) is 8.24. The molecule has 0 aliphatic rings. The van der Waals surface area contributed by atoms with Gasteiger partial charge in [0.1, 0.15) is 0 Å². The van der Waals surface area contributed by atoms with Crippen LogP contribution < -0.4 is 20.1 Å². The van der Waals surface area contributed by atoms with E-state index in [9.17, 15) is 0 Å². The van der Waals surface area contributed by atoms with Gasteiger partial charge in [-0.25, -0.2) is 0 Å². The number of halogens is 2. The van der Waals surface area contributed by atoms with Crippen molar-refractivity contribution in [2.24, 2.45) is 0 Å². The number of rotatable bonds is 5. The van der Waals surface area contributed by atoms with Crippen molar-refractivity contribution >= 4 is 46.2 Å². The minimum absolute atomic E-state index is 0.489. The number of nitrogens with one attached hydrogen (secondary N) is 2. The van der Waals surface area contributed by atoms with Crippen molar-refractivity contribution in [1.29, 1.82) is 0 Å². The summed E-state index contributed by atoms with van der Waals surface area (Å²) in [7, 11) is 3.18. The Morgan fingerprint density at radius 1 is 1.00 bits per heavy atom. The van der Waals surface area contributed by atoms with Crippen molar-refractivity contribution in [2.75, 3.05) is 19.5 Å². The van der Waals surface area contributed by atoms with Gasteiger partial charge >= 0.3 is 0 Å². The van der Waals surface area contributed by atoms with E-state index in [1.807, 2.05) is 24.3 Å². The number of hydrogen-bond acceptors (Lipinski definition) is 3. The highest BCUT2D eigenvalue weighted by Gasteiger charge is 2.06. The average molecular weight is 371 g/mol. The Morgan fingerprint density at radius 2 is 1.74 bits per heavy atom. The monoisotopic (exact) mass is 370 g/mol. The summed E-state index contributed by atoms with van der Waals surface area (Å²) in [6, 6.07) is 10.9. The fourth-order valence-electron chi connectivity index (χ4n) is 1.92. The van der Waals surface area contributed by atoms with Crippen molar-refractivity contribution in [3.63, 3.8) is 0 Å². The van der Waals surface area contributed by atoms with Crippen LogP contribution >= 0.6 is 35.4 Å². The molecule has 0 radical (unpaired) electrons. The molecule has 0 bridgehead atoms. The third kappa shape index (κ3) is 4.89. The van der Waals surface area contributed by atoms with Crippen LogP contribution in [-0.4, -0.2) is 19.3 Å². The van der Waals surface area contributed by atoms with E-state index in [2.05, 4.69) is 10.6 Å². The molecule has 4 nitrogen and oxygen atoms in total. The summed E-state index contributed by atoms with van der Waals surface area (Å²) in [4.78, 5) is 0. The maximum atomic E-state index is 5.99. The quantitative estimate of drug-likeness (QED) is 0.758. The lowest BCUT2D eigenvalue weighted by Crippen LogP contribution is -2.27. The number of benzene rings is 2. The lowest BCUT2D eigenvalue weighted by molar-refractivity contribution is 0.355. The summed E-state index contributed by atoms with van der Waals surface area (Å²) in [6.07, 6.45) is 0. The molecular weight excluding hydrogens is 355 g/mol. The fourth-order valence-corrected chi connectivity index (χ4v) is 2.43. The Kier molecular flexibility index (Phi) is 6.33. The smallest absolute Gasteiger partial charge is 0.171 e. The summed E-state index contributed by atoms with van der Waals surface area (Å²) in [5.74, 6) is 1.29. The van der Waals surface area contributed by atoms with E-state index in [4.69, 9.17) is 44.9 Å². The maximum absolute atomic E-state index is 5.99. The number of anilines is 1. The number of thiocarbonyl (C=S) groups is 1. The molecule has 0 amide bonds. The van der Waals surface area contributed by atoms with Crippen LogP contribution in [0.2, 0.25) is 10.0 Å². The van der Waals surface area contributed by atoms with Crippen LogP contribution in [0.15, 0.2) is 36.4 Å². The van der Waals surface area contributed by atoms with E-state index < -0.39 is 0 Å². The van der Waals surface area contributed by atoms with Gasteiger partial charge in [-0.1, -0.05) is 29.3 Å². The molecule has 23 heavy (non-hydrogen) atoms. The highest BCUT2D eigenvalue weighted by molar-refractivity contribution is 7.80. The van der Waals surface area contributed by atoms with E-state index in [1.54, 1.807) is 26.4 Å². The first-order valence-corrected chi connectivity index (χ1v) is 7.90. The minimum Gasteiger partial charge on any atom is -0.493 e. The van der Waals surface area contributed by atoms with Gasteiger partial charge in [-0.2, -0.15) is 0 Å². The first-order chi connectivity index (χ1) is 11.0. The Morgan fingerprint density at radius 3 is 2.39 bits per heavy atom. The molecule has 0 unspecified atom stereocenters. The second-order valence-corrected chi connectivity index (χ2v) is 5.85. The molecule has 2 rings (SSSR count). The van der Waals surface area contributed by atoms with Crippen LogP contribution in [0.5, 0.6) is 11.5 Å². The summed E-state index contributed by atoms with van der Waals surface area (Å²) in [6.45, 7) is 0.538. The van der Waals surface area contributed by atoms with Crippen LogP contribution in [0, 0.1) is 0 Å². The van der Waals surface area contributed by atoms with Gasteiger partial charge < -0.3 is 20.1 Å². The molecule has 0 saturated carbocycles. The normalized spacial score (nSPS) is 10.1. The minimum atomic E-state index is 0.489. The third-order valence-electron chi connectivity index (χ3n) is 3.08. The van der Waals surface area contributed by atoms with E-state index in [0.29, 0.717) is 33.2 Å². The van der Waals surface area contributed by atoms with Crippen molar-refractivity contribution in [3.8, 4) is 11.5 Å². The molecule has 0 heterocycles. The molecule has 7 heteroatoms. The maximum Gasteiger partial charge on any atom is 0.171 e. The molecule has 0 saturated heterocycles. The fraction of sp³-hybridized carbons (Fsp3) is 0.188. The lowest BCUT2D eigenvalue weighted by atomic mass is 10.2. The molecule has 0 aromatic heterocycles. The molecule has 2 aromatic rings. The van der Waals surface area contributed by atoms with Gasteiger partial charge in [0, 0.05) is 18.3 Å². The molecular formula is C16H16Cl2N2O2S. The van der Waals surface area contributed by atoms with Crippen LogP contribution in [0.1, 0.15) is 5.56 Å². The molecule has 0 atom stereocenters. The van der Waals surface area contributed by atoms with Gasteiger partial charge in [-0.05, 0) is 42.0 Å². The Bertz CT molecular complexity index is 710. The summed E-state index contributed by atoms with van der Waals surface area (Å²) in [5.41, 5.74) is 1.78. The van der Waals surface area contributed by atoms with Crippen molar-refractivity contribution in [1.82, 2.24) is 5.32 Å². The molecule has 0 aliphatic carbocycles. The van der Waals surface area contributed by atoms with Crippen LogP contribution in [-0.2, 0) is 6.54 Å². The molecule has 0 fully saturated rings. The van der Waals surface area contributed by atoms with Crippen molar-refractivity contribution in [2.45, 2.75) is 6.54 Å². The molecule has 0 aliphatic heterocycles. The molecule has 2 aromatic carbocycles. The van der Waals surface area contributed by atoms with E-state index in [0.717, 1.165) is 11.3 Å². The largest absolute Gasteiger partial charge is 0.493 e. The predicted molar refractivity (Wildman–Crippen MR) is 99.1 cm³/mol. The van der Waals surface area contributed by atoms with E-state index in [-0.39, 0.29) is 0 Å². The SMILES string of the molecule is COc1ccc(NC(=S)NCc2ccc(Cl)c(Cl)c2)cc1OC. The van der Waals surface area contributed by atoms with E-state index >= 15 is 0 Å². The van der Waals surface area contributed by atoms with Gasteiger partial charge in [-0.15, -0.1) is 0 Å². The van der Waals surface area contributed by atoms with E-state index in [1.165, 1.54) is 0 Å². The molecule has 0 spiro atoms. The van der Waals surface area contributed by atoms with Crippen molar-refractivity contribution < 1.29 is 9.47 Å². The zero-order chi connectivity index (χ0) is 16.8. The topological polar surface area (TPSA) is 42.5 Å². The lowest BCUT2D eigenvalue weighted by Gasteiger charge is -2.13. The summed E-state index contributed by atoms with van der Waals surface area (Å²) < 4.78 is 10.5. The standard InChI is InChI=1S/C16H16Cl2N2O2S/c1-21-14-6-4-11(8-15(14)22-2)20-16(23)19-9-10-3-5-12(17)13(18)7-10/h3-8H,9H2,1-2H3,(H2,19,20,23). The summed E-state index contributed by atoms with van der Waals surface area (Å²) >= 11 is 17.2. The Hall–Kier alpha value is -1.69. The van der Waals surface area contributed by atoms with Gasteiger partial charge in [-0.3, -0.25) is 0 Å². The molecule has 2 N–H and O–H groups in total. The number of ether oxygens (including phenoxy) is 2. The number of hydrogen-bond donors (Lipinski definition) is 2. The zero-order valence-corrected chi connectivity index (χ0v) is 15.0. The molecule has 122 valence electrons. The van der Waals surface area contributed by atoms with Crippen molar-refractivity contribution in [3.05, 3.63) is 52.0 Å². The Labute approximate surface area is 150 Å². The Balaban J connectivity index is 1.95. The van der Waals surface area contributed by atoms with Crippen LogP contribution in [0.25, 0.3) is 0 Å². The average Bonchev–Trinajstić information content (AvgIpc) is 2.55. The first kappa shape index (κ1) is 17.7. The first-order valence-electron chi connectivity index (χ1n) is 6.74.